The average Bonchev–Trinajstić information content (AvgIpc) is 2.90. The Bertz CT molecular complexity index is 607. The predicted molar refractivity (Wildman–Crippen MR) is 74.6 cm³/mol. The van der Waals surface area contributed by atoms with Crippen molar-refractivity contribution in [3.05, 3.63) is 41.2 Å². The van der Waals surface area contributed by atoms with Crippen LogP contribution >= 0.6 is 0 Å². The molecule has 0 spiro atoms. The molecule has 0 bridgehead atoms. The summed E-state index contributed by atoms with van der Waals surface area (Å²) in [4.78, 5) is 11.6. The zero-order valence-corrected chi connectivity index (χ0v) is 11.7. The molecule has 0 aliphatic heterocycles. The lowest BCUT2D eigenvalue weighted by atomic mass is 10.1. The summed E-state index contributed by atoms with van der Waals surface area (Å²) in [5.41, 5.74) is 8.72. The fourth-order valence-corrected chi connectivity index (χ4v) is 2.07. The molecule has 1 aromatic carbocycles. The van der Waals surface area contributed by atoms with E-state index in [9.17, 15) is 4.79 Å². The van der Waals surface area contributed by atoms with Gasteiger partial charge < -0.3 is 10.5 Å². The molecule has 0 aliphatic rings. The molecule has 0 fully saturated rings. The normalized spacial score (nSPS) is 10.6. The van der Waals surface area contributed by atoms with Gasteiger partial charge in [0.25, 0.3) is 0 Å². The van der Waals surface area contributed by atoms with Crippen LogP contribution in [-0.4, -0.2) is 28.1 Å². The first-order chi connectivity index (χ1) is 9.71. The number of ether oxygens (including phenoxy) is 1. The molecule has 6 nitrogen and oxygen atoms in total. The highest BCUT2D eigenvalue weighted by Gasteiger charge is 2.14. The Kier molecular flexibility index (Phi) is 4.47. The largest absolute Gasteiger partial charge is 0.465 e. The molecule has 20 heavy (non-hydrogen) atoms. The van der Waals surface area contributed by atoms with Crippen molar-refractivity contribution in [2.24, 2.45) is 5.73 Å². The second kappa shape index (κ2) is 6.29. The molecular weight excluding hydrogens is 256 g/mol. The monoisotopic (exact) mass is 274 g/mol. The molecule has 0 unspecified atom stereocenters. The Morgan fingerprint density at radius 3 is 2.90 bits per heavy atom. The summed E-state index contributed by atoms with van der Waals surface area (Å²) in [5.74, 6) is -0.372. The van der Waals surface area contributed by atoms with E-state index in [1.54, 1.807) is 22.9 Å². The van der Waals surface area contributed by atoms with Crippen LogP contribution in [0.25, 0.3) is 5.69 Å². The van der Waals surface area contributed by atoms with Gasteiger partial charge >= 0.3 is 5.97 Å². The van der Waals surface area contributed by atoms with Gasteiger partial charge in [0.2, 0.25) is 0 Å². The molecule has 2 N–H and O–H groups in total. The molecule has 1 aromatic heterocycles. The number of carbonyl (C=O) groups is 1. The number of rotatable bonds is 5. The highest BCUT2D eigenvalue weighted by molar-refractivity contribution is 5.89. The number of carbonyl (C=O) groups excluding carboxylic acids is 1. The number of aromatic nitrogens is 3. The van der Waals surface area contributed by atoms with Crippen LogP contribution in [0.2, 0.25) is 0 Å². The van der Waals surface area contributed by atoms with Crippen molar-refractivity contribution in [2.75, 3.05) is 7.11 Å². The van der Waals surface area contributed by atoms with Crippen molar-refractivity contribution in [3.63, 3.8) is 0 Å². The molecule has 0 aliphatic carbocycles. The highest BCUT2D eigenvalue weighted by atomic mass is 16.5. The maximum Gasteiger partial charge on any atom is 0.337 e. The zero-order chi connectivity index (χ0) is 14.5. The standard InChI is InChI=1S/C14H18N4O2/c1-3-5-13-12(9-15)16-17-18(13)11-7-4-6-10(8-11)14(19)20-2/h4,6-8H,3,5,9,15H2,1-2H3. The fraction of sp³-hybridized carbons (Fsp3) is 0.357. The third-order valence-electron chi connectivity index (χ3n) is 3.04. The van der Waals surface area contributed by atoms with Gasteiger partial charge in [0.1, 0.15) is 0 Å². The maximum atomic E-state index is 11.6. The molecule has 0 amide bonds. The molecule has 0 saturated heterocycles. The van der Waals surface area contributed by atoms with E-state index in [0.29, 0.717) is 12.1 Å². The van der Waals surface area contributed by atoms with Crippen molar-refractivity contribution < 1.29 is 9.53 Å². The van der Waals surface area contributed by atoms with Crippen molar-refractivity contribution in [1.82, 2.24) is 15.0 Å². The number of methoxy groups -OCH3 is 1. The fourth-order valence-electron chi connectivity index (χ4n) is 2.07. The van der Waals surface area contributed by atoms with E-state index in [2.05, 4.69) is 17.2 Å². The third-order valence-corrected chi connectivity index (χ3v) is 3.04. The van der Waals surface area contributed by atoms with Gasteiger partial charge in [-0.25, -0.2) is 9.48 Å². The van der Waals surface area contributed by atoms with Crippen LogP contribution in [0.5, 0.6) is 0 Å². The summed E-state index contributed by atoms with van der Waals surface area (Å²) >= 11 is 0. The quantitative estimate of drug-likeness (QED) is 0.835. The van der Waals surface area contributed by atoms with Crippen LogP contribution in [-0.2, 0) is 17.7 Å². The van der Waals surface area contributed by atoms with Gasteiger partial charge in [-0.15, -0.1) is 5.10 Å². The highest BCUT2D eigenvalue weighted by Crippen LogP contribution is 2.16. The number of benzene rings is 1. The second-order valence-corrected chi connectivity index (χ2v) is 4.39. The van der Waals surface area contributed by atoms with E-state index in [-0.39, 0.29) is 5.97 Å². The predicted octanol–water partition coefficient (Wildman–Crippen LogP) is 1.47. The minimum absolute atomic E-state index is 0.353. The lowest BCUT2D eigenvalue weighted by Gasteiger charge is -2.08. The second-order valence-electron chi connectivity index (χ2n) is 4.39. The minimum Gasteiger partial charge on any atom is -0.465 e. The SMILES string of the molecule is CCCc1c(CN)nnn1-c1cccc(C(=O)OC)c1. The zero-order valence-electron chi connectivity index (χ0n) is 11.7. The van der Waals surface area contributed by atoms with E-state index in [1.807, 2.05) is 6.07 Å². The average molecular weight is 274 g/mol. The van der Waals surface area contributed by atoms with Gasteiger partial charge in [-0.05, 0) is 24.6 Å². The van der Waals surface area contributed by atoms with Gasteiger partial charge in [-0.3, -0.25) is 0 Å². The molecule has 6 heteroatoms. The van der Waals surface area contributed by atoms with Crippen LogP contribution in [0.1, 0.15) is 35.1 Å². The van der Waals surface area contributed by atoms with Crippen molar-refractivity contribution >= 4 is 5.97 Å². The van der Waals surface area contributed by atoms with Gasteiger partial charge in [0.05, 0.1) is 29.7 Å². The molecule has 106 valence electrons. The van der Waals surface area contributed by atoms with E-state index < -0.39 is 0 Å². The molecule has 0 radical (unpaired) electrons. The molecule has 1 heterocycles. The Morgan fingerprint density at radius 1 is 1.45 bits per heavy atom. The minimum atomic E-state index is -0.372. The summed E-state index contributed by atoms with van der Waals surface area (Å²) < 4.78 is 6.46. The summed E-state index contributed by atoms with van der Waals surface area (Å²) in [6.07, 6.45) is 1.80. The summed E-state index contributed by atoms with van der Waals surface area (Å²) in [7, 11) is 1.36. The molecule has 0 saturated carbocycles. The Hall–Kier alpha value is -2.21. The number of hydrogen-bond acceptors (Lipinski definition) is 5. The number of nitrogens with zero attached hydrogens (tertiary/aromatic N) is 3. The number of nitrogens with two attached hydrogens (primary N) is 1. The first kappa shape index (κ1) is 14.2. The molecule has 2 rings (SSSR count). The third kappa shape index (κ3) is 2.70. The van der Waals surface area contributed by atoms with Gasteiger partial charge in [0, 0.05) is 6.54 Å². The number of esters is 1. The van der Waals surface area contributed by atoms with E-state index in [0.717, 1.165) is 29.9 Å². The first-order valence-corrected chi connectivity index (χ1v) is 6.53. The van der Waals surface area contributed by atoms with Gasteiger partial charge in [-0.1, -0.05) is 24.6 Å². The van der Waals surface area contributed by atoms with Crippen LogP contribution in [0.4, 0.5) is 0 Å². The lowest BCUT2D eigenvalue weighted by Crippen LogP contribution is -2.07. The van der Waals surface area contributed by atoms with E-state index in [1.165, 1.54) is 7.11 Å². The Labute approximate surface area is 117 Å². The summed E-state index contributed by atoms with van der Waals surface area (Å²) in [6.45, 7) is 2.44. The molecular formula is C14H18N4O2. The Morgan fingerprint density at radius 2 is 2.25 bits per heavy atom. The lowest BCUT2D eigenvalue weighted by molar-refractivity contribution is 0.0600. The van der Waals surface area contributed by atoms with Crippen molar-refractivity contribution in [1.29, 1.82) is 0 Å². The van der Waals surface area contributed by atoms with E-state index in [4.69, 9.17) is 10.5 Å². The van der Waals surface area contributed by atoms with Crippen LogP contribution in [0.3, 0.4) is 0 Å². The molecule has 2 aromatic rings. The van der Waals surface area contributed by atoms with Gasteiger partial charge in [0.15, 0.2) is 0 Å². The van der Waals surface area contributed by atoms with Crippen LogP contribution in [0, 0.1) is 0 Å². The van der Waals surface area contributed by atoms with Crippen LogP contribution < -0.4 is 5.73 Å². The number of hydrogen-bond donors (Lipinski definition) is 1. The van der Waals surface area contributed by atoms with E-state index >= 15 is 0 Å². The maximum absolute atomic E-state index is 11.6. The van der Waals surface area contributed by atoms with Gasteiger partial charge in [-0.2, -0.15) is 0 Å². The van der Waals surface area contributed by atoms with Crippen molar-refractivity contribution in [2.45, 2.75) is 26.3 Å². The summed E-state index contributed by atoms with van der Waals surface area (Å²) in [5, 5.41) is 8.23. The Balaban J connectivity index is 2.46. The van der Waals surface area contributed by atoms with Crippen molar-refractivity contribution in [3.8, 4) is 5.69 Å². The van der Waals surface area contributed by atoms with Crippen LogP contribution in [0.15, 0.2) is 24.3 Å². The summed E-state index contributed by atoms with van der Waals surface area (Å²) in [6, 6.07) is 7.11. The topological polar surface area (TPSA) is 83.0 Å². The first-order valence-electron chi connectivity index (χ1n) is 6.53. The molecule has 0 atom stereocenters. The smallest absolute Gasteiger partial charge is 0.337 e.